The number of primary sulfonamides is 1. The first-order chi connectivity index (χ1) is 28.1. The van der Waals surface area contributed by atoms with Gasteiger partial charge in [0.05, 0.1) is 30.6 Å². The minimum atomic E-state index is -3.92. The van der Waals surface area contributed by atoms with Gasteiger partial charge >= 0.3 is 0 Å². The van der Waals surface area contributed by atoms with Crippen LogP contribution < -0.4 is 16.6 Å². The number of hydrogen-bond acceptors (Lipinski definition) is 9. The first kappa shape index (κ1) is 48.4. The van der Waals surface area contributed by atoms with Crippen molar-refractivity contribution in [1.82, 2.24) is 19.6 Å². The predicted octanol–water partition coefficient (Wildman–Crippen LogP) is 3.60. The van der Waals surface area contributed by atoms with E-state index in [1.165, 1.54) is 33.8 Å². The lowest BCUT2D eigenvalue weighted by molar-refractivity contribution is -0.147. The number of rotatable bonds is 26. The highest BCUT2D eigenvalue weighted by Crippen LogP contribution is 2.25. The summed E-state index contributed by atoms with van der Waals surface area (Å²) in [5, 5.41) is 5.30. The van der Waals surface area contributed by atoms with E-state index in [2.05, 4.69) is 6.92 Å². The zero-order chi connectivity index (χ0) is 43.4. The average molecular weight is 834 g/mol. The summed E-state index contributed by atoms with van der Waals surface area (Å²) in [6.45, 7) is 5.60. The van der Waals surface area contributed by atoms with Gasteiger partial charge in [0.1, 0.15) is 12.3 Å². The van der Waals surface area contributed by atoms with E-state index >= 15 is 0 Å². The molecule has 0 aliphatic rings. The Morgan fingerprint density at radius 3 is 1.56 bits per heavy atom. The first-order valence-electron chi connectivity index (χ1n) is 20.4. The average Bonchev–Trinajstić information content (AvgIpc) is 3.22. The maximum Gasteiger partial charge on any atom is 0.242 e. The van der Waals surface area contributed by atoms with Crippen LogP contribution in [0.1, 0.15) is 87.9 Å². The summed E-state index contributed by atoms with van der Waals surface area (Å²) in [6.07, 6.45) is 3.37. The zero-order valence-corrected chi connectivity index (χ0v) is 35.7. The smallest absolute Gasteiger partial charge is 0.242 e. The van der Waals surface area contributed by atoms with Gasteiger partial charge in [0.15, 0.2) is 0 Å². The van der Waals surface area contributed by atoms with Crippen LogP contribution in [0.15, 0.2) is 89.8 Å². The summed E-state index contributed by atoms with van der Waals surface area (Å²) in [5.41, 5.74) is 14.1. The van der Waals surface area contributed by atoms with Gasteiger partial charge in [-0.3, -0.25) is 24.0 Å². The largest absolute Gasteiger partial charge is 0.334 e. The quantitative estimate of drug-likeness (QED) is 0.101. The molecule has 59 heavy (non-hydrogen) atoms. The summed E-state index contributed by atoms with van der Waals surface area (Å²) in [7, 11) is -3.92. The van der Waals surface area contributed by atoms with Crippen LogP contribution in [0.5, 0.6) is 0 Å². The zero-order valence-electron chi connectivity index (χ0n) is 34.8. The number of unbranched alkanes of at least 4 members (excludes halogenated alkanes) is 2. The maximum absolute atomic E-state index is 14.5. The SMILES string of the molecule is CC(=O)CN(CCCCN)C(=O)CN(CCCCN)C(=O)CN(CCc1ccc(S(N)(=O)=O)cc1)C(=O)CN(C(=O)CCC(C)c1ccccc1)C(C)c1ccccc1. The van der Waals surface area contributed by atoms with Crippen molar-refractivity contribution in [2.45, 2.75) is 82.6 Å². The topological polar surface area (TPSA) is 211 Å². The number of carbonyl (C=O) groups is 5. The standard InChI is InChI=1S/C44H63N7O7S/c1-34(38-14-6-4-7-15-38)18-23-41(53)51(36(3)39-16-8-5-9-17-39)33-44(56)50(29-24-37-19-21-40(22-20-37)59(47,57)58)32-43(55)49(28-13-11-26-46)31-42(54)48(30-35(2)52)27-12-10-25-45/h4-9,14-17,19-22,34,36H,10-13,18,23-33,45-46H2,1-3H3,(H2,47,57,58). The molecule has 2 atom stereocenters. The second kappa shape index (κ2) is 24.8. The van der Waals surface area contributed by atoms with Crippen LogP contribution >= 0.6 is 0 Å². The molecule has 0 spiro atoms. The van der Waals surface area contributed by atoms with Crippen molar-refractivity contribution < 1.29 is 32.4 Å². The number of amides is 4. The molecule has 0 aromatic heterocycles. The molecule has 0 heterocycles. The first-order valence-corrected chi connectivity index (χ1v) is 21.9. The van der Waals surface area contributed by atoms with Gasteiger partial charge in [-0.2, -0.15) is 0 Å². The van der Waals surface area contributed by atoms with Crippen molar-refractivity contribution in [3.8, 4) is 0 Å². The lowest BCUT2D eigenvalue weighted by Gasteiger charge is -2.33. The summed E-state index contributed by atoms with van der Waals surface area (Å²) in [6, 6.07) is 24.8. The monoisotopic (exact) mass is 833 g/mol. The Morgan fingerprint density at radius 1 is 0.593 bits per heavy atom. The molecule has 0 aliphatic heterocycles. The lowest BCUT2D eigenvalue weighted by atomic mass is 9.95. The van der Waals surface area contributed by atoms with Crippen molar-refractivity contribution in [2.24, 2.45) is 16.6 Å². The molecule has 0 bridgehead atoms. The van der Waals surface area contributed by atoms with E-state index in [4.69, 9.17) is 16.6 Å². The normalized spacial score (nSPS) is 12.3. The van der Waals surface area contributed by atoms with E-state index in [0.29, 0.717) is 57.3 Å². The highest BCUT2D eigenvalue weighted by Gasteiger charge is 2.30. The molecule has 2 unspecified atom stereocenters. The number of benzene rings is 3. The number of ketones is 1. The number of hydrogen-bond donors (Lipinski definition) is 3. The Labute approximate surface area is 350 Å². The summed E-state index contributed by atoms with van der Waals surface area (Å²) >= 11 is 0. The third-order valence-corrected chi connectivity index (χ3v) is 11.3. The third kappa shape index (κ3) is 16.7. The molecule has 3 aromatic carbocycles. The summed E-state index contributed by atoms with van der Waals surface area (Å²) < 4.78 is 23.8. The Kier molecular flexibility index (Phi) is 20.4. The van der Waals surface area contributed by atoms with Gasteiger partial charge in [0.25, 0.3) is 0 Å². The molecular formula is C44H63N7O7S. The highest BCUT2D eigenvalue weighted by atomic mass is 32.2. The number of sulfonamides is 1. The Morgan fingerprint density at radius 2 is 1.07 bits per heavy atom. The predicted molar refractivity (Wildman–Crippen MR) is 229 cm³/mol. The molecule has 322 valence electrons. The second-order valence-electron chi connectivity index (χ2n) is 15.0. The number of nitrogens with two attached hydrogens (primary N) is 3. The van der Waals surface area contributed by atoms with Crippen LogP contribution in [0, 0.1) is 0 Å². The van der Waals surface area contributed by atoms with E-state index in [9.17, 15) is 32.4 Å². The summed E-state index contributed by atoms with van der Waals surface area (Å²) in [5.74, 6) is -1.66. The van der Waals surface area contributed by atoms with Crippen molar-refractivity contribution in [3.05, 3.63) is 102 Å². The maximum atomic E-state index is 14.5. The molecule has 3 rings (SSSR count). The fourth-order valence-electron chi connectivity index (χ4n) is 6.71. The molecule has 6 N–H and O–H groups in total. The fourth-order valence-corrected chi connectivity index (χ4v) is 7.22. The van der Waals surface area contributed by atoms with Crippen LogP contribution in [0.2, 0.25) is 0 Å². The van der Waals surface area contributed by atoms with Gasteiger partial charge < -0.3 is 31.1 Å². The number of carbonyl (C=O) groups excluding carboxylic acids is 5. The van der Waals surface area contributed by atoms with Gasteiger partial charge in [0, 0.05) is 26.1 Å². The molecule has 0 saturated carbocycles. The van der Waals surface area contributed by atoms with E-state index < -0.39 is 40.3 Å². The molecule has 0 fully saturated rings. The van der Waals surface area contributed by atoms with Gasteiger partial charge in [0.2, 0.25) is 33.7 Å². The lowest BCUT2D eigenvalue weighted by Crippen LogP contribution is -2.51. The Bertz CT molecular complexity index is 1900. The minimum Gasteiger partial charge on any atom is -0.334 e. The molecule has 4 amide bonds. The Balaban J connectivity index is 1.94. The van der Waals surface area contributed by atoms with Crippen molar-refractivity contribution in [3.63, 3.8) is 0 Å². The fraction of sp³-hybridized carbons (Fsp3) is 0.477. The van der Waals surface area contributed by atoms with E-state index in [1.54, 1.807) is 17.0 Å². The van der Waals surface area contributed by atoms with Crippen LogP contribution in [0.3, 0.4) is 0 Å². The Hall–Kier alpha value is -4.96. The molecule has 0 aliphatic carbocycles. The van der Waals surface area contributed by atoms with Crippen LogP contribution in [0.25, 0.3) is 0 Å². The molecule has 0 saturated heterocycles. The van der Waals surface area contributed by atoms with Crippen LogP contribution in [0.4, 0.5) is 0 Å². The highest BCUT2D eigenvalue weighted by molar-refractivity contribution is 7.89. The van der Waals surface area contributed by atoms with Gasteiger partial charge in [-0.25, -0.2) is 13.6 Å². The van der Waals surface area contributed by atoms with Crippen molar-refractivity contribution in [1.29, 1.82) is 0 Å². The van der Waals surface area contributed by atoms with Gasteiger partial charge in [-0.05, 0) is 100 Å². The van der Waals surface area contributed by atoms with E-state index in [0.717, 1.165) is 11.1 Å². The second-order valence-corrected chi connectivity index (χ2v) is 16.6. The molecular weight excluding hydrogens is 771 g/mol. The third-order valence-electron chi connectivity index (χ3n) is 10.3. The van der Waals surface area contributed by atoms with Crippen LogP contribution in [-0.2, 0) is 40.4 Å². The van der Waals surface area contributed by atoms with Gasteiger partial charge in [-0.15, -0.1) is 0 Å². The number of nitrogens with zero attached hydrogens (tertiary/aromatic N) is 4. The number of Topliss-reactive ketones (excluding diaryl/α,β-unsaturated/α-hetero) is 1. The molecule has 0 radical (unpaired) electrons. The van der Waals surface area contributed by atoms with Crippen molar-refractivity contribution in [2.75, 3.05) is 58.9 Å². The molecule has 3 aromatic rings. The van der Waals surface area contributed by atoms with E-state index in [1.807, 2.05) is 67.6 Å². The molecule has 15 heteroatoms. The van der Waals surface area contributed by atoms with Gasteiger partial charge in [-0.1, -0.05) is 79.7 Å². The van der Waals surface area contributed by atoms with E-state index in [-0.39, 0.29) is 68.1 Å². The summed E-state index contributed by atoms with van der Waals surface area (Å²) in [4.78, 5) is 74.3. The minimum absolute atomic E-state index is 0.0478. The molecule has 14 nitrogen and oxygen atoms in total. The van der Waals surface area contributed by atoms with Crippen molar-refractivity contribution >= 4 is 39.4 Å². The van der Waals surface area contributed by atoms with Crippen LogP contribution in [-0.4, -0.2) is 116 Å².